The van der Waals surface area contributed by atoms with E-state index in [1.54, 1.807) is 36.4 Å². The molecule has 2 aliphatic rings. The van der Waals surface area contributed by atoms with Crippen LogP contribution in [0.5, 0.6) is 5.75 Å². The Balaban J connectivity index is 1.59. The Morgan fingerprint density at radius 2 is 1.72 bits per heavy atom. The number of phenols is 1. The summed E-state index contributed by atoms with van der Waals surface area (Å²) in [7, 11) is 0. The van der Waals surface area contributed by atoms with Crippen molar-refractivity contribution in [2.45, 2.75) is 46.1 Å². The zero-order valence-corrected chi connectivity index (χ0v) is 21.1. The first-order valence-corrected chi connectivity index (χ1v) is 12.6. The van der Waals surface area contributed by atoms with E-state index in [1.807, 2.05) is 45.0 Å². The standard InChI is InChI=1S/C30H35NO5/c1-18(2)23-16-24-28(30(36)31(29(24)35)21-7-5-4-6-8-21)25(17-32)27(23)26(34)14-9-19(3)15-20-10-12-22(33)13-11-20/h4-8,10-13,15,18,24-26,28,32-34H,9,14,16-17H2,1-3H3/b19-15+/t24-,25+,26-,28-/m1/s1. The summed E-state index contributed by atoms with van der Waals surface area (Å²) < 4.78 is 0. The Hall–Kier alpha value is -3.22. The summed E-state index contributed by atoms with van der Waals surface area (Å²) >= 11 is 0. The monoisotopic (exact) mass is 489 g/mol. The third-order valence-corrected chi connectivity index (χ3v) is 7.51. The molecule has 0 aromatic heterocycles. The van der Waals surface area contributed by atoms with Crippen LogP contribution in [0.3, 0.4) is 0 Å². The highest BCUT2D eigenvalue weighted by Crippen LogP contribution is 2.48. The van der Waals surface area contributed by atoms with Crippen LogP contribution in [0.1, 0.15) is 45.6 Å². The van der Waals surface area contributed by atoms with Gasteiger partial charge in [-0.1, -0.05) is 61.4 Å². The maximum Gasteiger partial charge on any atom is 0.238 e. The molecule has 1 aliphatic carbocycles. The van der Waals surface area contributed by atoms with E-state index < -0.39 is 23.9 Å². The van der Waals surface area contributed by atoms with Crippen molar-refractivity contribution in [2.75, 3.05) is 11.5 Å². The van der Waals surface area contributed by atoms with E-state index in [4.69, 9.17) is 0 Å². The minimum absolute atomic E-state index is 0.0759. The lowest BCUT2D eigenvalue weighted by Gasteiger charge is -2.38. The fourth-order valence-electron chi connectivity index (χ4n) is 5.72. The summed E-state index contributed by atoms with van der Waals surface area (Å²) in [5.74, 6) is -2.04. The van der Waals surface area contributed by atoms with Gasteiger partial charge >= 0.3 is 0 Å². The van der Waals surface area contributed by atoms with Crippen molar-refractivity contribution >= 4 is 23.6 Å². The predicted octanol–water partition coefficient (Wildman–Crippen LogP) is 4.71. The van der Waals surface area contributed by atoms with Crippen molar-refractivity contribution in [1.82, 2.24) is 0 Å². The van der Waals surface area contributed by atoms with Gasteiger partial charge in [-0.05, 0) is 67.5 Å². The summed E-state index contributed by atoms with van der Waals surface area (Å²) in [6.07, 6.45) is 2.69. The molecule has 0 radical (unpaired) electrons. The van der Waals surface area contributed by atoms with Gasteiger partial charge in [0.15, 0.2) is 0 Å². The summed E-state index contributed by atoms with van der Waals surface area (Å²) in [5.41, 5.74) is 4.28. The van der Waals surface area contributed by atoms with Crippen LogP contribution >= 0.6 is 0 Å². The molecule has 3 N–H and O–H groups in total. The molecule has 2 aromatic rings. The van der Waals surface area contributed by atoms with Crippen LogP contribution in [0.15, 0.2) is 71.3 Å². The van der Waals surface area contributed by atoms with Gasteiger partial charge in [-0.2, -0.15) is 0 Å². The lowest BCUT2D eigenvalue weighted by atomic mass is 9.66. The van der Waals surface area contributed by atoms with Gasteiger partial charge < -0.3 is 15.3 Å². The van der Waals surface area contributed by atoms with E-state index in [0.29, 0.717) is 24.9 Å². The number of aliphatic hydroxyl groups excluding tert-OH is 2. The molecule has 0 bridgehead atoms. The smallest absolute Gasteiger partial charge is 0.238 e. The lowest BCUT2D eigenvalue weighted by Crippen LogP contribution is -2.39. The highest BCUT2D eigenvalue weighted by Gasteiger charge is 2.55. The number of anilines is 1. The van der Waals surface area contributed by atoms with Crippen LogP contribution in [0, 0.1) is 23.7 Å². The number of benzene rings is 2. The molecule has 6 nitrogen and oxygen atoms in total. The Morgan fingerprint density at radius 1 is 1.06 bits per heavy atom. The molecule has 0 unspecified atom stereocenters. The quantitative estimate of drug-likeness (QED) is 0.369. The number of amides is 2. The molecule has 4 atom stereocenters. The molecule has 190 valence electrons. The van der Waals surface area contributed by atoms with Crippen molar-refractivity contribution < 1.29 is 24.9 Å². The SMILES string of the molecule is C/C(=C\c1ccc(O)cc1)CC[C@@H](O)C1=C(C(C)C)C[C@H]2C(=O)N(c3ccccc3)C(=O)[C@H]2[C@H]1CO. The van der Waals surface area contributed by atoms with Gasteiger partial charge in [0.2, 0.25) is 11.8 Å². The average Bonchev–Trinajstić information content (AvgIpc) is 3.12. The van der Waals surface area contributed by atoms with Gasteiger partial charge in [0.1, 0.15) is 5.75 Å². The molecule has 2 amide bonds. The number of aliphatic hydroxyl groups is 2. The molecule has 4 rings (SSSR count). The molecule has 0 spiro atoms. The fraction of sp³-hybridized carbons (Fsp3) is 0.400. The Bertz CT molecular complexity index is 1170. The number of nitrogens with zero attached hydrogens (tertiary/aromatic N) is 1. The molecule has 1 fully saturated rings. The van der Waals surface area contributed by atoms with Crippen molar-refractivity contribution in [3.05, 3.63) is 76.9 Å². The zero-order chi connectivity index (χ0) is 26.0. The average molecular weight is 490 g/mol. The van der Waals surface area contributed by atoms with E-state index in [0.717, 1.165) is 22.3 Å². The van der Waals surface area contributed by atoms with Gasteiger partial charge in [-0.25, -0.2) is 0 Å². The molecule has 0 saturated carbocycles. The maximum absolute atomic E-state index is 13.5. The number of allylic oxidation sites excluding steroid dienone is 2. The highest BCUT2D eigenvalue weighted by molar-refractivity contribution is 6.22. The number of fused-ring (bicyclic) bond motifs is 1. The van der Waals surface area contributed by atoms with Crippen LogP contribution in [-0.4, -0.2) is 39.8 Å². The minimum Gasteiger partial charge on any atom is -0.508 e. The predicted molar refractivity (Wildman–Crippen MR) is 140 cm³/mol. The van der Waals surface area contributed by atoms with Crippen molar-refractivity contribution in [2.24, 2.45) is 23.7 Å². The van der Waals surface area contributed by atoms with Crippen LogP contribution in [0.2, 0.25) is 0 Å². The van der Waals surface area contributed by atoms with Gasteiger partial charge in [-0.15, -0.1) is 0 Å². The minimum atomic E-state index is -0.822. The fourth-order valence-corrected chi connectivity index (χ4v) is 5.72. The normalized spacial score (nSPS) is 23.4. The largest absolute Gasteiger partial charge is 0.508 e. The first-order valence-electron chi connectivity index (χ1n) is 12.6. The number of imide groups is 1. The summed E-state index contributed by atoms with van der Waals surface area (Å²) in [5, 5.41) is 31.3. The van der Waals surface area contributed by atoms with Gasteiger partial charge in [-0.3, -0.25) is 14.5 Å². The number of aromatic hydroxyl groups is 1. The molecule has 1 aliphatic heterocycles. The van der Waals surface area contributed by atoms with Crippen LogP contribution in [0.25, 0.3) is 6.08 Å². The Morgan fingerprint density at radius 3 is 2.33 bits per heavy atom. The van der Waals surface area contributed by atoms with Crippen molar-refractivity contribution in [3.63, 3.8) is 0 Å². The van der Waals surface area contributed by atoms with Crippen molar-refractivity contribution in [1.29, 1.82) is 0 Å². The summed E-state index contributed by atoms with van der Waals surface area (Å²) in [4.78, 5) is 28.2. The third kappa shape index (κ3) is 5.01. The second-order valence-corrected chi connectivity index (χ2v) is 10.2. The zero-order valence-electron chi connectivity index (χ0n) is 21.1. The first-order chi connectivity index (χ1) is 17.2. The van der Waals surface area contributed by atoms with Crippen molar-refractivity contribution in [3.8, 4) is 5.75 Å². The third-order valence-electron chi connectivity index (χ3n) is 7.51. The van der Waals surface area contributed by atoms with E-state index in [1.165, 1.54) is 4.90 Å². The molecule has 1 heterocycles. The lowest BCUT2D eigenvalue weighted by molar-refractivity contribution is -0.123. The second kappa shape index (κ2) is 10.8. The number of para-hydroxylation sites is 1. The molecule has 2 aromatic carbocycles. The molecule has 36 heavy (non-hydrogen) atoms. The highest BCUT2D eigenvalue weighted by atomic mass is 16.3. The number of hydrogen-bond donors (Lipinski definition) is 3. The Labute approximate surface area is 212 Å². The van der Waals surface area contributed by atoms with E-state index in [9.17, 15) is 24.9 Å². The van der Waals surface area contributed by atoms with Crippen LogP contribution < -0.4 is 4.90 Å². The first kappa shape index (κ1) is 25.9. The molecule has 6 heteroatoms. The van der Waals surface area contributed by atoms with E-state index in [2.05, 4.69) is 0 Å². The van der Waals surface area contributed by atoms with Gasteiger partial charge in [0, 0.05) is 5.92 Å². The summed E-state index contributed by atoms with van der Waals surface area (Å²) in [6.45, 7) is 5.76. The number of hydrogen-bond acceptors (Lipinski definition) is 5. The number of rotatable bonds is 8. The van der Waals surface area contributed by atoms with Crippen LogP contribution in [0.4, 0.5) is 5.69 Å². The maximum atomic E-state index is 13.5. The number of carbonyl (C=O) groups is 2. The van der Waals surface area contributed by atoms with Gasteiger partial charge in [0.25, 0.3) is 0 Å². The van der Waals surface area contributed by atoms with Gasteiger partial charge in [0.05, 0.1) is 30.2 Å². The molecule has 1 saturated heterocycles. The second-order valence-electron chi connectivity index (χ2n) is 10.2. The van der Waals surface area contributed by atoms with E-state index in [-0.39, 0.29) is 30.1 Å². The van der Waals surface area contributed by atoms with Crippen LogP contribution in [-0.2, 0) is 9.59 Å². The molecular formula is C30H35NO5. The summed E-state index contributed by atoms with van der Waals surface area (Å²) in [6, 6.07) is 15.9. The number of phenolic OH excluding ortho intramolecular Hbond substituents is 1. The molecular weight excluding hydrogens is 454 g/mol. The Kier molecular flexibility index (Phi) is 7.76. The number of carbonyl (C=O) groups excluding carboxylic acids is 2. The van der Waals surface area contributed by atoms with E-state index >= 15 is 0 Å². The topological polar surface area (TPSA) is 98.1 Å².